The van der Waals surface area contributed by atoms with Crippen molar-refractivity contribution in [3.05, 3.63) is 55.1 Å². The van der Waals surface area contributed by atoms with Crippen LogP contribution >= 0.6 is 0 Å². The highest BCUT2D eigenvalue weighted by molar-refractivity contribution is 7.79. The van der Waals surface area contributed by atoms with E-state index in [-0.39, 0.29) is 12.3 Å². The summed E-state index contributed by atoms with van der Waals surface area (Å²) in [5.74, 6) is 0.895. The Balaban J connectivity index is -0.000000320. The Bertz CT molecular complexity index is 437. The summed E-state index contributed by atoms with van der Waals surface area (Å²) in [5, 5.41) is 0. The number of benzene rings is 1. The van der Waals surface area contributed by atoms with Crippen LogP contribution < -0.4 is 17.0 Å². The highest BCUT2D eigenvalue weighted by Gasteiger charge is 1.86. The van der Waals surface area contributed by atoms with Gasteiger partial charge in [0.15, 0.2) is 0 Å². The molecule has 0 fully saturated rings. The Kier molecular flexibility index (Phi) is 15.1. The van der Waals surface area contributed by atoms with E-state index >= 15 is 0 Å². The van der Waals surface area contributed by atoms with Gasteiger partial charge < -0.3 is 17.0 Å². The van der Waals surface area contributed by atoms with Crippen LogP contribution in [0.1, 0.15) is 0 Å². The molecule has 0 aromatic heterocycles. The smallest absolute Gasteiger partial charge is 0.394 e. The molecule has 0 aliphatic carbocycles. The fraction of sp³-hybridized carbons (Fsp3) is 0.0909. The Morgan fingerprint density at radius 2 is 1.63 bits per heavy atom. The van der Waals surface area contributed by atoms with Gasteiger partial charge in [-0.25, -0.2) is 0 Å². The van der Waals surface area contributed by atoms with Crippen LogP contribution in [0.25, 0.3) is 0 Å². The molecule has 0 saturated carbocycles. The van der Waals surface area contributed by atoms with E-state index in [1.165, 1.54) is 0 Å². The predicted octanol–water partition coefficient (Wildman–Crippen LogP) is 2.48. The molecule has 1 aromatic rings. The van der Waals surface area contributed by atoms with E-state index in [9.17, 15) is 0 Å². The molecule has 0 saturated heterocycles. The molecule has 0 bridgehead atoms. The van der Waals surface area contributed by atoms with Gasteiger partial charge in [0.25, 0.3) is 0 Å². The van der Waals surface area contributed by atoms with Crippen LogP contribution in [0.4, 0.5) is 0 Å². The lowest BCUT2D eigenvalue weighted by molar-refractivity contribution is 0.363. The normalized spacial score (nSPS) is 9.37. The van der Waals surface area contributed by atoms with E-state index in [2.05, 4.69) is 6.58 Å². The van der Waals surface area contributed by atoms with Crippen LogP contribution in [0.5, 0.6) is 5.75 Å². The predicted molar refractivity (Wildman–Crippen MR) is 75.5 cm³/mol. The Morgan fingerprint density at radius 1 is 1.16 bits per heavy atom. The summed E-state index contributed by atoms with van der Waals surface area (Å²) >= 11 is 0. The molecule has 110 valence electrons. The van der Waals surface area contributed by atoms with Crippen molar-refractivity contribution in [3.8, 4) is 5.75 Å². The quantitative estimate of drug-likeness (QED) is 0.490. The minimum Gasteiger partial charge on any atom is -0.490 e. The monoisotopic (exact) mass is 292 g/mol. The average Bonchev–Trinajstić information content (AvgIpc) is 2.24. The van der Waals surface area contributed by atoms with Gasteiger partial charge in [0.05, 0.1) is 0 Å². The first kappa shape index (κ1) is 22.5. The highest BCUT2D eigenvalue weighted by Crippen LogP contribution is 2.07. The van der Waals surface area contributed by atoms with Gasteiger partial charge in [-0.3, -0.25) is 9.11 Å². The van der Waals surface area contributed by atoms with Crippen molar-refractivity contribution in [2.24, 2.45) is 0 Å². The first-order chi connectivity index (χ1) is 7.93. The molecule has 0 heterocycles. The van der Waals surface area contributed by atoms with Crippen molar-refractivity contribution in [2.75, 3.05) is 6.61 Å². The molecule has 7 nitrogen and oxygen atoms in total. The lowest BCUT2D eigenvalue weighted by Crippen LogP contribution is -1.91. The van der Waals surface area contributed by atoms with E-state index in [1.54, 1.807) is 6.08 Å². The van der Waals surface area contributed by atoms with Crippen molar-refractivity contribution in [3.63, 3.8) is 0 Å². The van der Waals surface area contributed by atoms with Gasteiger partial charge in [0.1, 0.15) is 12.4 Å². The molecule has 0 amide bonds. The molecule has 1 aromatic carbocycles. The SMILES string of the molecule is C=CC=CCOc1ccccc1.N.N.O=S(=O)(O)O. The summed E-state index contributed by atoms with van der Waals surface area (Å²) in [7, 11) is -4.67. The molecular formula is C11H20N2O5S. The Labute approximate surface area is 113 Å². The van der Waals surface area contributed by atoms with Gasteiger partial charge in [0.2, 0.25) is 0 Å². The largest absolute Gasteiger partial charge is 0.490 e. The molecule has 8 N–H and O–H groups in total. The minimum absolute atomic E-state index is 0. The molecule has 0 radical (unpaired) electrons. The van der Waals surface area contributed by atoms with Crippen molar-refractivity contribution in [2.45, 2.75) is 0 Å². The molecular weight excluding hydrogens is 272 g/mol. The van der Waals surface area contributed by atoms with Gasteiger partial charge in [-0.05, 0) is 18.2 Å². The van der Waals surface area contributed by atoms with Crippen LogP contribution in [0.2, 0.25) is 0 Å². The third-order valence-electron chi connectivity index (χ3n) is 1.36. The first-order valence-electron chi connectivity index (χ1n) is 4.59. The Hall–Kier alpha value is -1.71. The maximum absolute atomic E-state index is 8.74. The lowest BCUT2D eigenvalue weighted by Gasteiger charge is -2.00. The molecule has 0 atom stereocenters. The zero-order valence-electron chi connectivity index (χ0n) is 10.5. The molecule has 0 aliphatic rings. The summed E-state index contributed by atoms with van der Waals surface area (Å²) < 4.78 is 37.0. The summed E-state index contributed by atoms with van der Waals surface area (Å²) in [6.45, 7) is 4.16. The summed E-state index contributed by atoms with van der Waals surface area (Å²) in [6, 6.07) is 9.73. The number of rotatable bonds is 4. The number of para-hydroxylation sites is 1. The second kappa shape index (κ2) is 12.7. The zero-order chi connectivity index (χ0) is 13.1. The van der Waals surface area contributed by atoms with Crippen molar-refractivity contribution in [1.82, 2.24) is 12.3 Å². The minimum atomic E-state index is -4.67. The second-order valence-electron chi connectivity index (χ2n) is 2.74. The molecule has 0 unspecified atom stereocenters. The summed E-state index contributed by atoms with van der Waals surface area (Å²) in [4.78, 5) is 0. The maximum atomic E-state index is 8.74. The van der Waals surface area contributed by atoms with E-state index in [0.717, 1.165) is 5.75 Å². The van der Waals surface area contributed by atoms with Gasteiger partial charge in [-0.2, -0.15) is 8.42 Å². The van der Waals surface area contributed by atoms with Gasteiger partial charge in [-0.1, -0.05) is 36.9 Å². The van der Waals surface area contributed by atoms with Crippen molar-refractivity contribution >= 4 is 10.4 Å². The maximum Gasteiger partial charge on any atom is 0.394 e. The van der Waals surface area contributed by atoms with Crippen LogP contribution in [0.3, 0.4) is 0 Å². The van der Waals surface area contributed by atoms with Gasteiger partial charge in [0, 0.05) is 0 Å². The van der Waals surface area contributed by atoms with Gasteiger partial charge >= 0.3 is 10.4 Å². The Morgan fingerprint density at radius 3 is 2.05 bits per heavy atom. The molecule has 1 rings (SSSR count). The van der Waals surface area contributed by atoms with Crippen LogP contribution in [-0.4, -0.2) is 24.1 Å². The molecule has 8 heteroatoms. The zero-order valence-corrected chi connectivity index (χ0v) is 11.3. The van der Waals surface area contributed by atoms with Crippen LogP contribution in [-0.2, 0) is 10.4 Å². The fourth-order valence-electron chi connectivity index (χ4n) is 0.813. The molecule has 0 spiro atoms. The third-order valence-corrected chi connectivity index (χ3v) is 1.36. The fourth-order valence-corrected chi connectivity index (χ4v) is 0.813. The standard InChI is InChI=1S/C11H12O.2H3N.H2O4S/c1-2-3-7-10-12-11-8-5-4-6-9-11;;;1-5(2,3)4/h2-9H,1,10H2;2*1H3;(H2,1,2,3,4). The number of ether oxygens (including phenoxy) is 1. The lowest BCUT2D eigenvalue weighted by atomic mass is 10.3. The number of allylic oxidation sites excluding steroid dienone is 2. The third kappa shape index (κ3) is 22.0. The van der Waals surface area contributed by atoms with Crippen LogP contribution in [0, 0.1) is 0 Å². The number of hydrogen-bond acceptors (Lipinski definition) is 5. The second-order valence-corrected chi connectivity index (χ2v) is 3.63. The molecule has 19 heavy (non-hydrogen) atoms. The van der Waals surface area contributed by atoms with E-state index < -0.39 is 10.4 Å². The number of hydrogen-bond donors (Lipinski definition) is 4. The van der Waals surface area contributed by atoms with Gasteiger partial charge in [-0.15, -0.1) is 0 Å². The molecule has 0 aliphatic heterocycles. The van der Waals surface area contributed by atoms with Crippen molar-refractivity contribution < 1.29 is 22.3 Å². The van der Waals surface area contributed by atoms with E-state index in [0.29, 0.717) is 6.61 Å². The van der Waals surface area contributed by atoms with E-state index in [4.69, 9.17) is 22.3 Å². The van der Waals surface area contributed by atoms with E-state index in [1.807, 2.05) is 42.5 Å². The summed E-state index contributed by atoms with van der Waals surface area (Å²) in [5.41, 5.74) is 0. The average molecular weight is 292 g/mol. The highest BCUT2D eigenvalue weighted by atomic mass is 32.3. The topological polar surface area (TPSA) is 154 Å². The first-order valence-corrected chi connectivity index (χ1v) is 5.98. The van der Waals surface area contributed by atoms with Crippen LogP contribution in [0.15, 0.2) is 55.1 Å². The summed E-state index contributed by atoms with van der Waals surface area (Å²) in [6.07, 6.45) is 5.51. The van der Waals surface area contributed by atoms with Crippen molar-refractivity contribution in [1.29, 1.82) is 0 Å².